The molecule has 0 radical (unpaired) electrons. The zero-order chi connectivity index (χ0) is 27.2. The summed E-state index contributed by atoms with van der Waals surface area (Å²) >= 11 is 0. The molecule has 0 fully saturated rings. The molecule has 0 bridgehead atoms. The molecular formula is C26H33NO10. The molecule has 1 aliphatic rings. The summed E-state index contributed by atoms with van der Waals surface area (Å²) in [5.74, 6) is 2.62. The van der Waals surface area contributed by atoms with Crippen LogP contribution in [-0.2, 0) is 32.1 Å². The molecule has 202 valence electrons. The SMILES string of the molecule is COC(=O)CCN1CCc2cc(OC)c(OC)cc2[C@H]1Cc1ccc(OC)c(OC)c1.OOC#COO. The fourth-order valence-corrected chi connectivity index (χ4v) is 4.19. The largest absolute Gasteiger partial charge is 0.493 e. The Kier molecular flexibility index (Phi) is 12.2. The average molecular weight is 520 g/mol. The number of rotatable bonds is 9. The van der Waals surface area contributed by atoms with Gasteiger partial charge in [-0.25, -0.2) is 0 Å². The Morgan fingerprint density at radius 3 is 2.05 bits per heavy atom. The van der Waals surface area contributed by atoms with Crippen LogP contribution in [0.5, 0.6) is 23.0 Å². The van der Waals surface area contributed by atoms with E-state index in [9.17, 15) is 4.79 Å². The van der Waals surface area contributed by atoms with Crippen molar-refractivity contribution < 1.29 is 48.8 Å². The Hall–Kier alpha value is -3.85. The number of methoxy groups -OCH3 is 5. The molecule has 0 amide bonds. The molecule has 1 atom stereocenters. The van der Waals surface area contributed by atoms with E-state index < -0.39 is 0 Å². The minimum atomic E-state index is -0.206. The third-order valence-electron chi connectivity index (χ3n) is 5.95. The Morgan fingerprint density at radius 1 is 0.892 bits per heavy atom. The van der Waals surface area contributed by atoms with Crippen molar-refractivity contribution in [3.63, 3.8) is 0 Å². The van der Waals surface area contributed by atoms with E-state index in [1.165, 1.54) is 30.4 Å². The van der Waals surface area contributed by atoms with E-state index in [1.54, 1.807) is 28.4 Å². The number of fused-ring (bicyclic) bond motifs is 1. The second-order valence-corrected chi connectivity index (χ2v) is 7.81. The van der Waals surface area contributed by atoms with Gasteiger partial charge in [0.2, 0.25) is 12.2 Å². The van der Waals surface area contributed by atoms with E-state index in [2.05, 4.69) is 32.9 Å². The van der Waals surface area contributed by atoms with Gasteiger partial charge in [-0.05, 0) is 53.8 Å². The maximum absolute atomic E-state index is 11.8. The van der Waals surface area contributed by atoms with E-state index in [4.69, 9.17) is 34.2 Å². The van der Waals surface area contributed by atoms with Crippen molar-refractivity contribution in [2.45, 2.75) is 25.3 Å². The van der Waals surface area contributed by atoms with E-state index >= 15 is 0 Å². The van der Waals surface area contributed by atoms with Crippen molar-refractivity contribution in [2.75, 3.05) is 48.6 Å². The van der Waals surface area contributed by atoms with E-state index in [0.717, 1.165) is 30.7 Å². The first kappa shape index (κ1) is 29.4. The highest BCUT2D eigenvalue weighted by molar-refractivity contribution is 5.69. The van der Waals surface area contributed by atoms with Crippen LogP contribution in [0.15, 0.2) is 30.3 Å². The number of benzene rings is 2. The van der Waals surface area contributed by atoms with Gasteiger partial charge in [0.1, 0.15) is 0 Å². The van der Waals surface area contributed by atoms with Crippen molar-refractivity contribution in [1.82, 2.24) is 4.90 Å². The number of ether oxygens (including phenoxy) is 5. The number of carbonyl (C=O) groups excluding carboxylic acids is 1. The van der Waals surface area contributed by atoms with E-state index in [-0.39, 0.29) is 12.0 Å². The van der Waals surface area contributed by atoms with Crippen molar-refractivity contribution in [3.05, 3.63) is 47.0 Å². The molecule has 0 saturated carbocycles. The van der Waals surface area contributed by atoms with E-state index in [1.807, 2.05) is 12.1 Å². The fraction of sp³-hybridized carbons (Fsp3) is 0.423. The van der Waals surface area contributed by atoms with Gasteiger partial charge in [-0.3, -0.25) is 19.5 Å². The highest BCUT2D eigenvalue weighted by atomic mass is 17.1. The van der Waals surface area contributed by atoms with Crippen LogP contribution in [0.3, 0.4) is 0 Å². The van der Waals surface area contributed by atoms with Gasteiger partial charge in [0.05, 0.1) is 42.0 Å². The first-order valence-corrected chi connectivity index (χ1v) is 11.3. The molecule has 3 rings (SSSR count). The molecule has 1 aliphatic heterocycles. The Bertz CT molecular complexity index is 1070. The van der Waals surface area contributed by atoms with Gasteiger partial charge in [-0.1, -0.05) is 6.07 Å². The molecule has 1 heterocycles. The van der Waals surface area contributed by atoms with Crippen LogP contribution in [0.25, 0.3) is 0 Å². The lowest BCUT2D eigenvalue weighted by Crippen LogP contribution is -2.38. The maximum atomic E-state index is 11.8. The lowest BCUT2D eigenvalue weighted by molar-refractivity contribution is -0.188. The summed E-state index contributed by atoms with van der Waals surface area (Å²) in [6.07, 6.45) is 5.04. The summed E-state index contributed by atoms with van der Waals surface area (Å²) in [7, 11) is 7.98. The van der Waals surface area contributed by atoms with Gasteiger partial charge in [0.15, 0.2) is 23.0 Å². The lowest BCUT2D eigenvalue weighted by Gasteiger charge is -2.38. The molecule has 0 aliphatic carbocycles. The predicted molar refractivity (Wildman–Crippen MR) is 133 cm³/mol. The molecule has 2 aromatic carbocycles. The fourth-order valence-electron chi connectivity index (χ4n) is 4.19. The molecule has 0 spiro atoms. The standard InChI is InChI=1S/C24H31NO6.C2H2O4/c1-27-20-7-6-16(13-21(20)28-2)12-19-18-15-23(30-4)22(29-3)14-17(18)8-10-25(19)11-9-24(26)31-5;3-5-1-2-6-4/h6-7,13-15,19H,8-12H2,1-5H3;3-4H/t19-;/m1./s1. The summed E-state index contributed by atoms with van der Waals surface area (Å²) in [5, 5.41) is 14.7. The molecule has 11 nitrogen and oxygen atoms in total. The van der Waals surface area contributed by atoms with Crippen LogP contribution in [-0.4, -0.2) is 70.0 Å². The van der Waals surface area contributed by atoms with Gasteiger partial charge < -0.3 is 23.7 Å². The van der Waals surface area contributed by atoms with Gasteiger partial charge in [-0.15, -0.1) is 0 Å². The topological polar surface area (TPSA) is 125 Å². The Balaban J connectivity index is 0.000000717. The molecular weight excluding hydrogens is 486 g/mol. The van der Waals surface area contributed by atoms with Gasteiger partial charge in [0, 0.05) is 19.1 Å². The predicted octanol–water partition coefficient (Wildman–Crippen LogP) is 3.31. The monoisotopic (exact) mass is 519 g/mol. The first-order valence-electron chi connectivity index (χ1n) is 11.3. The highest BCUT2D eigenvalue weighted by Gasteiger charge is 2.30. The van der Waals surface area contributed by atoms with E-state index in [0.29, 0.717) is 30.2 Å². The summed E-state index contributed by atoms with van der Waals surface area (Å²) in [4.78, 5) is 20.4. The minimum Gasteiger partial charge on any atom is -0.493 e. The van der Waals surface area contributed by atoms with Crippen molar-refractivity contribution >= 4 is 5.97 Å². The zero-order valence-electron chi connectivity index (χ0n) is 21.6. The third kappa shape index (κ3) is 8.08. The van der Waals surface area contributed by atoms with Crippen molar-refractivity contribution in [3.8, 4) is 35.2 Å². The van der Waals surface area contributed by atoms with Crippen LogP contribution in [0.2, 0.25) is 0 Å². The smallest absolute Gasteiger partial charge is 0.306 e. The number of nitrogens with zero attached hydrogens (tertiary/aromatic N) is 1. The second-order valence-electron chi connectivity index (χ2n) is 7.81. The van der Waals surface area contributed by atoms with Crippen LogP contribution >= 0.6 is 0 Å². The molecule has 37 heavy (non-hydrogen) atoms. The molecule has 0 aromatic heterocycles. The molecule has 0 unspecified atom stereocenters. The number of hydrogen-bond donors (Lipinski definition) is 2. The number of esters is 1. The zero-order valence-corrected chi connectivity index (χ0v) is 21.6. The van der Waals surface area contributed by atoms with Crippen LogP contribution in [0.1, 0.15) is 29.2 Å². The van der Waals surface area contributed by atoms with Crippen LogP contribution in [0, 0.1) is 12.2 Å². The summed E-state index contributed by atoms with van der Waals surface area (Å²) < 4.78 is 26.8. The molecule has 11 heteroatoms. The Morgan fingerprint density at radius 2 is 1.49 bits per heavy atom. The van der Waals surface area contributed by atoms with Crippen LogP contribution in [0.4, 0.5) is 0 Å². The quantitative estimate of drug-likeness (QED) is 0.219. The van der Waals surface area contributed by atoms with Gasteiger partial charge in [0.25, 0.3) is 0 Å². The molecule has 0 saturated heterocycles. The van der Waals surface area contributed by atoms with Crippen molar-refractivity contribution in [2.24, 2.45) is 0 Å². The maximum Gasteiger partial charge on any atom is 0.306 e. The third-order valence-corrected chi connectivity index (χ3v) is 5.95. The highest BCUT2D eigenvalue weighted by Crippen LogP contribution is 2.40. The second kappa shape index (κ2) is 15.3. The molecule has 2 N–H and O–H groups in total. The first-order chi connectivity index (χ1) is 18.0. The van der Waals surface area contributed by atoms with Gasteiger partial charge >= 0.3 is 5.97 Å². The normalized spacial score (nSPS) is 14.0. The molecule has 2 aromatic rings. The summed E-state index contributed by atoms with van der Waals surface area (Å²) in [5.41, 5.74) is 3.54. The average Bonchev–Trinajstić information content (AvgIpc) is 2.94. The minimum absolute atomic E-state index is 0.0753. The number of carbonyl (C=O) groups is 1. The summed E-state index contributed by atoms with van der Waals surface area (Å²) in [6, 6.07) is 10.2. The Labute approximate surface area is 216 Å². The lowest BCUT2D eigenvalue weighted by atomic mass is 9.88. The van der Waals surface area contributed by atoms with Crippen LogP contribution < -0.4 is 18.9 Å². The van der Waals surface area contributed by atoms with Crippen molar-refractivity contribution in [1.29, 1.82) is 0 Å². The number of hydrogen-bond acceptors (Lipinski definition) is 11. The summed E-state index contributed by atoms with van der Waals surface area (Å²) in [6.45, 7) is 1.47. The van der Waals surface area contributed by atoms with Gasteiger partial charge in [-0.2, -0.15) is 10.5 Å².